The van der Waals surface area contributed by atoms with Crippen molar-refractivity contribution in [3.8, 4) is 11.1 Å². The van der Waals surface area contributed by atoms with Gasteiger partial charge in [0.2, 0.25) is 0 Å². The Morgan fingerprint density at radius 1 is 0.828 bits per heavy atom. The third-order valence-electron chi connectivity index (χ3n) is 4.33. The van der Waals surface area contributed by atoms with Crippen LogP contribution in [-0.4, -0.2) is 29.5 Å². The van der Waals surface area contributed by atoms with Gasteiger partial charge in [-0.25, -0.2) is 0 Å². The Balaban J connectivity index is 1.95. The molecule has 29 heavy (non-hydrogen) atoms. The summed E-state index contributed by atoms with van der Waals surface area (Å²) < 4.78 is 0. The van der Waals surface area contributed by atoms with Gasteiger partial charge in [0.15, 0.2) is 0 Å². The van der Waals surface area contributed by atoms with Crippen LogP contribution in [0, 0.1) is 5.41 Å². The molecule has 7 heteroatoms. The first-order valence-corrected chi connectivity index (χ1v) is 8.84. The van der Waals surface area contributed by atoms with E-state index in [1.807, 2.05) is 0 Å². The Morgan fingerprint density at radius 3 is 1.86 bits per heavy atom. The number of hydrogen-bond acceptors (Lipinski definition) is 4. The van der Waals surface area contributed by atoms with Crippen LogP contribution in [0.15, 0.2) is 72.8 Å². The molecule has 3 aromatic carbocycles. The number of nitrogens with two attached hydrogens (primary N) is 1. The predicted molar refractivity (Wildman–Crippen MR) is 112 cm³/mol. The van der Waals surface area contributed by atoms with E-state index in [0.717, 1.165) is 0 Å². The van der Waals surface area contributed by atoms with Crippen molar-refractivity contribution in [1.29, 1.82) is 5.41 Å². The maximum Gasteiger partial charge on any atom is 0.256 e. The SMILES string of the molecule is N=C(N)c1ccc(NC(=O)c2ccccc2-c2ccccc2C(=O)NCO)cc1. The van der Waals surface area contributed by atoms with Gasteiger partial charge >= 0.3 is 0 Å². The number of nitrogens with one attached hydrogen (secondary N) is 3. The van der Waals surface area contributed by atoms with Crippen LogP contribution in [0.2, 0.25) is 0 Å². The minimum atomic E-state index is -0.481. The fourth-order valence-corrected chi connectivity index (χ4v) is 2.93. The lowest BCUT2D eigenvalue weighted by atomic mass is 9.94. The van der Waals surface area contributed by atoms with Crippen molar-refractivity contribution < 1.29 is 14.7 Å². The molecule has 0 saturated heterocycles. The number of hydrogen-bond donors (Lipinski definition) is 5. The Hall–Kier alpha value is -3.97. The number of amidine groups is 1. The molecule has 146 valence electrons. The van der Waals surface area contributed by atoms with E-state index < -0.39 is 12.6 Å². The van der Waals surface area contributed by atoms with Crippen LogP contribution in [0.25, 0.3) is 11.1 Å². The number of aliphatic hydroxyl groups is 1. The van der Waals surface area contributed by atoms with Gasteiger partial charge in [-0.05, 0) is 47.5 Å². The molecule has 0 aliphatic heterocycles. The Morgan fingerprint density at radius 2 is 1.34 bits per heavy atom. The lowest BCUT2D eigenvalue weighted by Crippen LogP contribution is -2.24. The van der Waals surface area contributed by atoms with Crippen LogP contribution in [0.4, 0.5) is 5.69 Å². The molecule has 0 fully saturated rings. The van der Waals surface area contributed by atoms with Crippen molar-refractivity contribution in [2.75, 3.05) is 12.0 Å². The first-order valence-electron chi connectivity index (χ1n) is 8.84. The number of carbonyl (C=O) groups excluding carboxylic acids is 2. The van der Waals surface area contributed by atoms with Crippen LogP contribution in [-0.2, 0) is 0 Å². The van der Waals surface area contributed by atoms with Crippen molar-refractivity contribution in [2.45, 2.75) is 0 Å². The van der Waals surface area contributed by atoms with Gasteiger partial charge in [0.25, 0.3) is 11.8 Å². The first-order chi connectivity index (χ1) is 14.0. The highest BCUT2D eigenvalue weighted by atomic mass is 16.3. The average Bonchev–Trinajstić information content (AvgIpc) is 2.74. The highest BCUT2D eigenvalue weighted by molar-refractivity contribution is 6.11. The minimum absolute atomic E-state index is 0.0500. The molecule has 0 atom stereocenters. The molecule has 0 bridgehead atoms. The molecule has 3 aromatic rings. The van der Waals surface area contributed by atoms with Gasteiger partial charge in [-0.3, -0.25) is 15.0 Å². The molecule has 0 unspecified atom stereocenters. The highest BCUT2D eigenvalue weighted by Gasteiger charge is 2.18. The molecular weight excluding hydrogens is 368 g/mol. The smallest absolute Gasteiger partial charge is 0.256 e. The first kappa shape index (κ1) is 19.8. The molecule has 0 aliphatic rings. The van der Waals surface area contributed by atoms with Crippen molar-refractivity contribution >= 4 is 23.3 Å². The minimum Gasteiger partial charge on any atom is -0.384 e. The number of benzene rings is 3. The normalized spacial score (nSPS) is 10.2. The summed E-state index contributed by atoms with van der Waals surface area (Å²) in [5.74, 6) is -0.822. The van der Waals surface area contributed by atoms with Gasteiger partial charge in [0.1, 0.15) is 12.6 Å². The number of anilines is 1. The lowest BCUT2D eigenvalue weighted by Gasteiger charge is -2.14. The van der Waals surface area contributed by atoms with E-state index in [9.17, 15) is 9.59 Å². The molecular formula is C22H20N4O3. The van der Waals surface area contributed by atoms with Crippen molar-refractivity contribution in [3.05, 3.63) is 89.5 Å². The second kappa shape index (κ2) is 8.81. The molecule has 0 saturated carbocycles. The highest BCUT2D eigenvalue weighted by Crippen LogP contribution is 2.28. The maximum atomic E-state index is 12.9. The van der Waals surface area contributed by atoms with E-state index in [-0.39, 0.29) is 11.7 Å². The molecule has 2 amide bonds. The zero-order valence-corrected chi connectivity index (χ0v) is 15.5. The third kappa shape index (κ3) is 4.48. The van der Waals surface area contributed by atoms with E-state index >= 15 is 0 Å². The number of carbonyl (C=O) groups is 2. The molecule has 6 N–H and O–H groups in total. The molecule has 7 nitrogen and oxygen atoms in total. The van der Waals surface area contributed by atoms with Gasteiger partial charge in [-0.1, -0.05) is 36.4 Å². The van der Waals surface area contributed by atoms with E-state index in [2.05, 4.69) is 10.6 Å². The number of nitrogen functional groups attached to an aromatic ring is 1. The standard InChI is InChI=1S/C22H20N4O3/c23-20(24)14-9-11-15(12-10-14)26-22(29)19-8-4-2-6-17(19)16-5-1-3-7-18(16)21(28)25-13-27/h1-12,27H,13H2,(H3,23,24)(H,25,28)(H,26,29). The van der Waals surface area contributed by atoms with Gasteiger partial charge in [-0.15, -0.1) is 0 Å². The summed E-state index contributed by atoms with van der Waals surface area (Å²) in [5, 5.41) is 21.6. The summed E-state index contributed by atoms with van der Waals surface area (Å²) in [6.45, 7) is -0.481. The third-order valence-corrected chi connectivity index (χ3v) is 4.33. The Bertz CT molecular complexity index is 1060. The second-order valence-corrected chi connectivity index (χ2v) is 6.20. The van der Waals surface area contributed by atoms with Gasteiger partial charge in [0.05, 0.1) is 0 Å². The van der Waals surface area contributed by atoms with Gasteiger partial charge in [-0.2, -0.15) is 0 Å². The van der Waals surface area contributed by atoms with Crippen LogP contribution >= 0.6 is 0 Å². The lowest BCUT2D eigenvalue weighted by molar-refractivity contribution is 0.0910. The summed E-state index contributed by atoms with van der Waals surface area (Å²) in [6, 6.07) is 20.5. The number of aliphatic hydroxyl groups excluding tert-OH is 1. The van der Waals surface area contributed by atoms with Crippen LogP contribution in [0.1, 0.15) is 26.3 Å². The molecule has 0 heterocycles. The zero-order chi connectivity index (χ0) is 20.8. The molecule has 3 rings (SSSR count). The van der Waals surface area contributed by atoms with E-state index in [0.29, 0.717) is 33.5 Å². The summed E-state index contributed by atoms with van der Waals surface area (Å²) in [7, 11) is 0. The quantitative estimate of drug-likeness (QED) is 0.252. The summed E-state index contributed by atoms with van der Waals surface area (Å²) in [4.78, 5) is 25.2. The largest absolute Gasteiger partial charge is 0.384 e. The van der Waals surface area contributed by atoms with Crippen LogP contribution in [0.3, 0.4) is 0 Å². The van der Waals surface area contributed by atoms with E-state index in [1.54, 1.807) is 72.8 Å². The average molecular weight is 388 g/mol. The predicted octanol–water partition coefficient (Wildman–Crippen LogP) is 2.57. The van der Waals surface area contributed by atoms with Crippen molar-refractivity contribution in [1.82, 2.24) is 5.32 Å². The maximum absolute atomic E-state index is 12.9. The summed E-state index contributed by atoms with van der Waals surface area (Å²) in [6.07, 6.45) is 0. The topological polar surface area (TPSA) is 128 Å². The monoisotopic (exact) mass is 388 g/mol. The zero-order valence-electron chi connectivity index (χ0n) is 15.5. The van der Waals surface area contributed by atoms with Crippen LogP contribution in [0.5, 0.6) is 0 Å². The fraction of sp³-hybridized carbons (Fsp3) is 0.0455. The number of rotatable bonds is 6. The molecule has 0 aromatic heterocycles. The molecule has 0 radical (unpaired) electrons. The van der Waals surface area contributed by atoms with Gasteiger partial charge < -0.3 is 21.5 Å². The van der Waals surface area contributed by atoms with Gasteiger partial charge in [0, 0.05) is 22.4 Å². The van der Waals surface area contributed by atoms with Crippen molar-refractivity contribution in [3.63, 3.8) is 0 Å². The fourth-order valence-electron chi connectivity index (χ4n) is 2.93. The number of amides is 2. The van der Waals surface area contributed by atoms with Crippen LogP contribution < -0.4 is 16.4 Å². The van der Waals surface area contributed by atoms with E-state index in [4.69, 9.17) is 16.2 Å². The second-order valence-electron chi connectivity index (χ2n) is 6.20. The Labute approximate surface area is 167 Å². The Kier molecular flexibility index (Phi) is 6.01. The van der Waals surface area contributed by atoms with Crippen molar-refractivity contribution in [2.24, 2.45) is 5.73 Å². The van der Waals surface area contributed by atoms with E-state index in [1.165, 1.54) is 0 Å². The summed E-state index contributed by atoms with van der Waals surface area (Å²) in [5.41, 5.74) is 8.49. The summed E-state index contributed by atoms with van der Waals surface area (Å²) >= 11 is 0. The molecule has 0 spiro atoms. The molecule has 0 aliphatic carbocycles.